The SMILES string of the molecule is COc1cc(C=NNc2ncc(F)c(N3CCOCC3)n2)ccc1OCC(=O)Nc1ccc(C)cc1. The summed E-state index contributed by atoms with van der Waals surface area (Å²) in [6.07, 6.45) is 2.65. The Kier molecular flexibility index (Phi) is 8.24. The second-order valence-corrected chi connectivity index (χ2v) is 7.95. The van der Waals surface area contributed by atoms with Crippen molar-refractivity contribution in [1.29, 1.82) is 0 Å². The first kappa shape index (κ1) is 24.9. The number of benzene rings is 2. The summed E-state index contributed by atoms with van der Waals surface area (Å²) < 4.78 is 30.5. The molecule has 3 aromatic rings. The molecule has 2 N–H and O–H groups in total. The molecule has 1 aliphatic rings. The average molecular weight is 495 g/mol. The Morgan fingerprint density at radius 1 is 1.19 bits per heavy atom. The van der Waals surface area contributed by atoms with Crippen LogP contribution in [0.5, 0.6) is 11.5 Å². The van der Waals surface area contributed by atoms with Crippen LogP contribution in [0.25, 0.3) is 0 Å². The first-order valence-corrected chi connectivity index (χ1v) is 11.3. The van der Waals surface area contributed by atoms with Gasteiger partial charge in [0.25, 0.3) is 5.91 Å². The van der Waals surface area contributed by atoms with Gasteiger partial charge >= 0.3 is 0 Å². The molecule has 11 heteroatoms. The lowest BCUT2D eigenvalue weighted by Gasteiger charge is -2.27. The minimum Gasteiger partial charge on any atom is -0.493 e. The minimum atomic E-state index is -0.501. The van der Waals surface area contributed by atoms with Gasteiger partial charge in [0.15, 0.2) is 29.7 Å². The Bertz CT molecular complexity index is 1220. The molecule has 0 bridgehead atoms. The predicted octanol–water partition coefficient (Wildman–Crippen LogP) is 3.23. The number of nitrogens with zero attached hydrogens (tertiary/aromatic N) is 4. The Labute approximate surface area is 208 Å². The third kappa shape index (κ3) is 6.66. The second kappa shape index (κ2) is 11.9. The van der Waals surface area contributed by atoms with Crippen LogP contribution in [0.3, 0.4) is 0 Å². The quantitative estimate of drug-likeness (QED) is 0.345. The van der Waals surface area contributed by atoms with Crippen molar-refractivity contribution in [3.05, 3.63) is 65.6 Å². The highest BCUT2D eigenvalue weighted by Crippen LogP contribution is 2.27. The van der Waals surface area contributed by atoms with Gasteiger partial charge in [-0.3, -0.25) is 4.79 Å². The number of carbonyl (C=O) groups is 1. The molecule has 1 amide bonds. The van der Waals surface area contributed by atoms with E-state index in [2.05, 4.69) is 25.8 Å². The van der Waals surface area contributed by atoms with E-state index in [0.29, 0.717) is 49.1 Å². The van der Waals surface area contributed by atoms with Crippen molar-refractivity contribution in [2.24, 2.45) is 5.10 Å². The summed E-state index contributed by atoms with van der Waals surface area (Å²) in [5.74, 6) is 0.445. The van der Waals surface area contributed by atoms with Crippen molar-refractivity contribution in [2.45, 2.75) is 6.92 Å². The van der Waals surface area contributed by atoms with Gasteiger partial charge < -0.3 is 24.4 Å². The first-order valence-electron chi connectivity index (χ1n) is 11.3. The number of rotatable bonds is 9. The highest BCUT2D eigenvalue weighted by atomic mass is 19.1. The lowest BCUT2D eigenvalue weighted by Crippen LogP contribution is -2.37. The first-order chi connectivity index (χ1) is 17.5. The van der Waals surface area contributed by atoms with Crippen LogP contribution in [0.4, 0.5) is 21.8 Å². The maximum atomic E-state index is 14.2. The number of aryl methyl sites for hydroxylation is 1. The summed E-state index contributed by atoms with van der Waals surface area (Å²) in [6, 6.07) is 12.6. The summed E-state index contributed by atoms with van der Waals surface area (Å²) in [4.78, 5) is 22.2. The van der Waals surface area contributed by atoms with Gasteiger partial charge in [-0.2, -0.15) is 10.1 Å². The summed E-state index contributed by atoms with van der Waals surface area (Å²) >= 11 is 0. The summed E-state index contributed by atoms with van der Waals surface area (Å²) in [7, 11) is 1.51. The molecule has 1 aliphatic heterocycles. The number of hydrogen-bond donors (Lipinski definition) is 2. The number of aromatic nitrogens is 2. The number of hydrazone groups is 1. The summed E-state index contributed by atoms with van der Waals surface area (Å²) in [5.41, 5.74) is 5.22. The molecular weight excluding hydrogens is 467 g/mol. The van der Waals surface area contributed by atoms with E-state index in [4.69, 9.17) is 14.2 Å². The van der Waals surface area contributed by atoms with Gasteiger partial charge in [-0.15, -0.1) is 0 Å². The highest BCUT2D eigenvalue weighted by molar-refractivity contribution is 5.92. The monoisotopic (exact) mass is 494 g/mol. The van der Waals surface area contributed by atoms with E-state index < -0.39 is 5.82 Å². The molecule has 10 nitrogen and oxygen atoms in total. The topological polar surface area (TPSA) is 110 Å². The fourth-order valence-electron chi connectivity index (χ4n) is 3.43. The number of methoxy groups -OCH3 is 1. The lowest BCUT2D eigenvalue weighted by molar-refractivity contribution is -0.118. The smallest absolute Gasteiger partial charge is 0.262 e. The predicted molar refractivity (Wildman–Crippen MR) is 135 cm³/mol. The number of ether oxygens (including phenoxy) is 3. The number of hydrogen-bond acceptors (Lipinski definition) is 9. The van der Waals surface area contributed by atoms with Crippen molar-refractivity contribution in [3.8, 4) is 11.5 Å². The average Bonchev–Trinajstić information content (AvgIpc) is 2.90. The summed E-state index contributed by atoms with van der Waals surface area (Å²) in [6.45, 7) is 3.95. The van der Waals surface area contributed by atoms with Gasteiger partial charge in [0.1, 0.15) is 0 Å². The molecule has 0 aliphatic carbocycles. The molecular formula is C25H27FN6O4. The van der Waals surface area contributed by atoms with E-state index >= 15 is 0 Å². The minimum absolute atomic E-state index is 0.167. The zero-order valence-corrected chi connectivity index (χ0v) is 20.0. The van der Waals surface area contributed by atoms with Crippen LogP contribution in [0.15, 0.2) is 53.8 Å². The number of amides is 1. The molecule has 4 rings (SSSR count). The van der Waals surface area contributed by atoms with E-state index in [1.165, 1.54) is 13.3 Å². The largest absolute Gasteiger partial charge is 0.493 e. The fraction of sp³-hybridized carbons (Fsp3) is 0.280. The van der Waals surface area contributed by atoms with Gasteiger partial charge in [0.2, 0.25) is 5.95 Å². The van der Waals surface area contributed by atoms with Gasteiger partial charge in [-0.25, -0.2) is 14.8 Å². The number of nitrogens with one attached hydrogen (secondary N) is 2. The van der Waals surface area contributed by atoms with Crippen molar-refractivity contribution in [3.63, 3.8) is 0 Å². The maximum Gasteiger partial charge on any atom is 0.262 e. The maximum absolute atomic E-state index is 14.2. The van der Waals surface area contributed by atoms with Crippen LogP contribution in [0.2, 0.25) is 0 Å². The second-order valence-electron chi connectivity index (χ2n) is 7.95. The Hall–Kier alpha value is -4.25. The third-order valence-electron chi connectivity index (χ3n) is 5.30. The van der Waals surface area contributed by atoms with Crippen LogP contribution in [0.1, 0.15) is 11.1 Å². The molecule has 2 aromatic carbocycles. The summed E-state index contributed by atoms with van der Waals surface area (Å²) in [5, 5.41) is 6.92. The molecule has 36 heavy (non-hydrogen) atoms. The fourth-order valence-corrected chi connectivity index (χ4v) is 3.43. The Morgan fingerprint density at radius 3 is 2.72 bits per heavy atom. The number of morpholine rings is 1. The molecule has 0 radical (unpaired) electrons. The molecule has 1 fully saturated rings. The normalized spacial score (nSPS) is 13.5. The zero-order valence-electron chi connectivity index (χ0n) is 20.0. The van der Waals surface area contributed by atoms with Crippen LogP contribution in [-0.4, -0.2) is 62.1 Å². The molecule has 1 saturated heterocycles. The van der Waals surface area contributed by atoms with E-state index in [-0.39, 0.29) is 24.3 Å². The molecule has 1 aromatic heterocycles. The number of anilines is 3. The van der Waals surface area contributed by atoms with Gasteiger partial charge in [-0.05, 0) is 42.8 Å². The van der Waals surface area contributed by atoms with Gasteiger partial charge in [0.05, 0.1) is 32.7 Å². The van der Waals surface area contributed by atoms with Crippen molar-refractivity contribution in [2.75, 3.05) is 55.7 Å². The molecule has 0 unspecified atom stereocenters. The van der Waals surface area contributed by atoms with Gasteiger partial charge in [0, 0.05) is 18.8 Å². The molecule has 188 valence electrons. The van der Waals surface area contributed by atoms with Crippen molar-refractivity contribution in [1.82, 2.24) is 9.97 Å². The number of carbonyl (C=O) groups excluding carboxylic acids is 1. The number of halogens is 1. The van der Waals surface area contributed by atoms with Gasteiger partial charge in [-0.1, -0.05) is 17.7 Å². The molecule has 0 saturated carbocycles. The van der Waals surface area contributed by atoms with Crippen LogP contribution in [-0.2, 0) is 9.53 Å². The molecule has 0 atom stereocenters. The zero-order chi connectivity index (χ0) is 25.3. The Morgan fingerprint density at radius 2 is 1.97 bits per heavy atom. The lowest BCUT2D eigenvalue weighted by atomic mass is 10.2. The van der Waals surface area contributed by atoms with Crippen molar-refractivity contribution >= 4 is 29.6 Å². The van der Waals surface area contributed by atoms with Crippen LogP contribution in [0, 0.1) is 12.7 Å². The standard InChI is InChI=1S/C25H27FN6O4/c1-17-3-6-19(7-4-17)29-23(33)16-36-21-8-5-18(13-22(21)34-2)14-28-31-25-27-15-20(26)24(30-25)32-9-11-35-12-10-32/h3-8,13-15H,9-12,16H2,1-2H3,(H,29,33)(H,27,30,31). The Balaban J connectivity index is 1.34. The van der Waals surface area contributed by atoms with Crippen LogP contribution >= 0.6 is 0 Å². The van der Waals surface area contributed by atoms with Crippen molar-refractivity contribution < 1.29 is 23.4 Å². The van der Waals surface area contributed by atoms with E-state index in [9.17, 15) is 9.18 Å². The third-order valence-corrected chi connectivity index (χ3v) is 5.30. The van der Waals surface area contributed by atoms with E-state index in [1.807, 2.05) is 31.2 Å². The van der Waals surface area contributed by atoms with E-state index in [1.54, 1.807) is 23.1 Å². The molecule has 2 heterocycles. The highest BCUT2D eigenvalue weighted by Gasteiger charge is 2.17. The van der Waals surface area contributed by atoms with E-state index in [0.717, 1.165) is 11.8 Å². The van der Waals surface area contributed by atoms with Crippen LogP contribution < -0.4 is 25.1 Å². The molecule has 0 spiro atoms.